The van der Waals surface area contributed by atoms with Crippen molar-refractivity contribution >= 4 is 35.2 Å². The quantitative estimate of drug-likeness (QED) is 0.306. The second-order valence-corrected chi connectivity index (χ2v) is 11.3. The number of amides is 2. The summed E-state index contributed by atoms with van der Waals surface area (Å²) >= 11 is 7.53. The predicted octanol–water partition coefficient (Wildman–Crippen LogP) is 6.52. The van der Waals surface area contributed by atoms with Crippen LogP contribution in [0.15, 0.2) is 83.8 Å². The SMILES string of the molecule is CC(C)(C)NC(=O)C(Cc1ccccc1)N(Cc1ccc(F)cc1)C(=O)CCSc1ccc(Cl)cc1. The Bertz CT molecular complexity index is 1130. The van der Waals surface area contributed by atoms with Gasteiger partial charge in [-0.05, 0) is 68.3 Å². The van der Waals surface area contributed by atoms with Gasteiger partial charge in [-0.2, -0.15) is 0 Å². The third-order valence-corrected chi connectivity index (χ3v) is 6.70. The van der Waals surface area contributed by atoms with Gasteiger partial charge in [-0.25, -0.2) is 4.39 Å². The summed E-state index contributed by atoms with van der Waals surface area (Å²) in [7, 11) is 0. The van der Waals surface area contributed by atoms with E-state index in [1.165, 1.54) is 12.1 Å². The maximum Gasteiger partial charge on any atom is 0.243 e. The molecule has 4 nitrogen and oxygen atoms in total. The van der Waals surface area contributed by atoms with Crippen LogP contribution in [0.2, 0.25) is 5.02 Å². The number of hydrogen-bond donors (Lipinski definition) is 1. The second-order valence-electron chi connectivity index (χ2n) is 9.65. The van der Waals surface area contributed by atoms with E-state index in [0.717, 1.165) is 16.0 Å². The van der Waals surface area contributed by atoms with Crippen LogP contribution in [-0.4, -0.2) is 34.0 Å². The number of carbonyl (C=O) groups is 2. The fourth-order valence-corrected chi connectivity index (χ4v) is 4.69. The number of carbonyl (C=O) groups excluding carboxylic acids is 2. The van der Waals surface area contributed by atoms with Crippen LogP contribution in [0.25, 0.3) is 0 Å². The first-order valence-corrected chi connectivity index (χ1v) is 13.3. The molecule has 0 heterocycles. The minimum absolute atomic E-state index is 0.134. The van der Waals surface area contributed by atoms with Crippen LogP contribution in [-0.2, 0) is 22.6 Å². The lowest BCUT2D eigenvalue weighted by Crippen LogP contribution is -2.54. The van der Waals surface area contributed by atoms with Gasteiger partial charge in [-0.1, -0.05) is 54.1 Å². The molecule has 2 amide bonds. The summed E-state index contributed by atoms with van der Waals surface area (Å²) in [5.74, 6) is -0.139. The average Bonchev–Trinajstić information content (AvgIpc) is 2.83. The number of hydrogen-bond acceptors (Lipinski definition) is 3. The molecular weight excluding hydrogens is 495 g/mol. The van der Waals surface area contributed by atoms with E-state index in [4.69, 9.17) is 11.6 Å². The summed E-state index contributed by atoms with van der Waals surface area (Å²) < 4.78 is 13.5. The lowest BCUT2D eigenvalue weighted by atomic mass is 10.0. The van der Waals surface area contributed by atoms with Crippen molar-refractivity contribution in [3.05, 3.63) is 101 Å². The van der Waals surface area contributed by atoms with E-state index in [1.54, 1.807) is 28.8 Å². The fraction of sp³-hybridized carbons (Fsp3) is 0.310. The highest BCUT2D eigenvalue weighted by atomic mass is 35.5. The van der Waals surface area contributed by atoms with E-state index in [0.29, 0.717) is 17.2 Å². The van der Waals surface area contributed by atoms with Crippen LogP contribution in [0.1, 0.15) is 38.3 Å². The minimum Gasteiger partial charge on any atom is -0.350 e. The summed E-state index contributed by atoms with van der Waals surface area (Å²) in [6, 6.07) is 22.5. The molecule has 0 aliphatic carbocycles. The Kier molecular flexibility index (Phi) is 9.97. The van der Waals surface area contributed by atoms with Crippen molar-refractivity contribution in [2.75, 3.05) is 5.75 Å². The maximum atomic E-state index is 13.6. The maximum absolute atomic E-state index is 13.6. The first-order valence-electron chi connectivity index (χ1n) is 11.9. The lowest BCUT2D eigenvalue weighted by molar-refractivity contribution is -0.141. The summed E-state index contributed by atoms with van der Waals surface area (Å²) in [4.78, 5) is 29.7. The number of rotatable bonds is 10. The number of nitrogens with zero attached hydrogens (tertiary/aromatic N) is 1. The Hall–Kier alpha value is -2.83. The highest BCUT2D eigenvalue weighted by Gasteiger charge is 2.32. The summed E-state index contributed by atoms with van der Waals surface area (Å²) in [6.07, 6.45) is 0.628. The van der Waals surface area contributed by atoms with Crippen molar-refractivity contribution in [1.29, 1.82) is 0 Å². The minimum atomic E-state index is -0.718. The fourth-order valence-electron chi connectivity index (χ4n) is 3.72. The third-order valence-electron chi connectivity index (χ3n) is 5.43. The zero-order valence-corrected chi connectivity index (χ0v) is 22.4. The van der Waals surface area contributed by atoms with E-state index >= 15 is 0 Å². The smallest absolute Gasteiger partial charge is 0.243 e. The highest BCUT2D eigenvalue weighted by Crippen LogP contribution is 2.23. The van der Waals surface area contributed by atoms with Crippen molar-refractivity contribution in [2.24, 2.45) is 0 Å². The molecule has 0 bridgehead atoms. The molecule has 3 aromatic rings. The molecular formula is C29H32ClFN2O2S. The van der Waals surface area contributed by atoms with Gasteiger partial charge in [0.15, 0.2) is 0 Å². The molecule has 0 fully saturated rings. The zero-order chi connectivity index (χ0) is 26.1. The van der Waals surface area contributed by atoms with Crippen LogP contribution in [0.5, 0.6) is 0 Å². The van der Waals surface area contributed by atoms with E-state index in [1.807, 2.05) is 75.4 Å². The number of benzene rings is 3. The molecule has 3 aromatic carbocycles. The number of halogens is 2. The van der Waals surface area contributed by atoms with Crippen LogP contribution >= 0.6 is 23.4 Å². The first kappa shape index (κ1) is 27.8. The summed E-state index contributed by atoms with van der Waals surface area (Å²) in [5.41, 5.74) is 1.26. The molecule has 7 heteroatoms. The predicted molar refractivity (Wildman–Crippen MR) is 146 cm³/mol. The molecule has 1 atom stereocenters. The molecule has 0 aliphatic rings. The molecule has 0 aromatic heterocycles. The van der Waals surface area contributed by atoms with Gasteiger partial charge in [0.2, 0.25) is 11.8 Å². The summed E-state index contributed by atoms with van der Waals surface area (Å²) in [5, 5.41) is 3.71. The molecule has 0 spiro atoms. The third kappa shape index (κ3) is 8.99. The molecule has 1 unspecified atom stereocenters. The van der Waals surface area contributed by atoms with Gasteiger partial charge >= 0.3 is 0 Å². The van der Waals surface area contributed by atoms with Crippen LogP contribution in [0, 0.1) is 5.82 Å². The Morgan fingerprint density at radius 1 is 0.944 bits per heavy atom. The number of thioether (sulfide) groups is 1. The summed E-state index contributed by atoms with van der Waals surface area (Å²) in [6.45, 7) is 5.96. The molecule has 0 saturated carbocycles. The Labute approximate surface area is 222 Å². The lowest BCUT2D eigenvalue weighted by Gasteiger charge is -2.34. The first-order chi connectivity index (χ1) is 17.1. The Balaban J connectivity index is 1.85. The van der Waals surface area contributed by atoms with Gasteiger partial charge in [0.25, 0.3) is 0 Å². The standard InChI is InChI=1S/C29H32ClFN2O2S/c1-29(2,3)32-28(35)26(19-21-7-5-4-6-8-21)33(20-22-9-13-24(31)14-10-22)27(34)17-18-36-25-15-11-23(30)12-16-25/h4-16,26H,17-20H2,1-3H3,(H,32,35). The Morgan fingerprint density at radius 3 is 2.19 bits per heavy atom. The molecule has 1 N–H and O–H groups in total. The van der Waals surface area contributed by atoms with Crippen molar-refractivity contribution in [1.82, 2.24) is 10.2 Å². The average molecular weight is 527 g/mol. The molecule has 190 valence electrons. The topological polar surface area (TPSA) is 49.4 Å². The van der Waals surface area contributed by atoms with Gasteiger partial charge in [-0.15, -0.1) is 11.8 Å². The van der Waals surface area contributed by atoms with Gasteiger partial charge in [0.05, 0.1) is 0 Å². The second kappa shape index (κ2) is 12.9. The van der Waals surface area contributed by atoms with E-state index in [9.17, 15) is 14.0 Å². The van der Waals surface area contributed by atoms with E-state index < -0.39 is 11.6 Å². The van der Waals surface area contributed by atoms with Gasteiger partial charge < -0.3 is 10.2 Å². The van der Waals surface area contributed by atoms with E-state index in [-0.39, 0.29) is 30.6 Å². The van der Waals surface area contributed by atoms with Crippen molar-refractivity contribution in [3.63, 3.8) is 0 Å². The monoisotopic (exact) mass is 526 g/mol. The van der Waals surface area contributed by atoms with Crippen molar-refractivity contribution in [2.45, 2.75) is 56.6 Å². The largest absolute Gasteiger partial charge is 0.350 e. The van der Waals surface area contributed by atoms with Crippen LogP contribution < -0.4 is 5.32 Å². The molecule has 36 heavy (non-hydrogen) atoms. The number of nitrogens with one attached hydrogen (secondary N) is 1. The molecule has 0 saturated heterocycles. The van der Waals surface area contributed by atoms with Gasteiger partial charge in [0, 0.05) is 40.6 Å². The zero-order valence-electron chi connectivity index (χ0n) is 20.8. The Morgan fingerprint density at radius 2 is 1.58 bits per heavy atom. The van der Waals surface area contributed by atoms with Gasteiger partial charge in [-0.3, -0.25) is 9.59 Å². The van der Waals surface area contributed by atoms with E-state index in [2.05, 4.69) is 5.32 Å². The molecule has 3 rings (SSSR count). The highest BCUT2D eigenvalue weighted by molar-refractivity contribution is 7.99. The van der Waals surface area contributed by atoms with Crippen molar-refractivity contribution < 1.29 is 14.0 Å². The van der Waals surface area contributed by atoms with Crippen molar-refractivity contribution in [3.8, 4) is 0 Å². The molecule has 0 radical (unpaired) electrons. The normalized spacial score (nSPS) is 12.1. The van der Waals surface area contributed by atoms with Crippen LogP contribution in [0.3, 0.4) is 0 Å². The van der Waals surface area contributed by atoms with Crippen LogP contribution in [0.4, 0.5) is 4.39 Å². The van der Waals surface area contributed by atoms with Gasteiger partial charge in [0.1, 0.15) is 11.9 Å². The molecule has 0 aliphatic heterocycles.